The van der Waals surface area contributed by atoms with E-state index in [-0.39, 0.29) is 35.4 Å². The maximum atomic E-state index is 14.4. The summed E-state index contributed by atoms with van der Waals surface area (Å²) < 4.78 is 39.2. The van der Waals surface area contributed by atoms with Crippen molar-refractivity contribution in [3.63, 3.8) is 0 Å². The zero-order valence-corrected chi connectivity index (χ0v) is 28.3. The van der Waals surface area contributed by atoms with Gasteiger partial charge in [0.05, 0.1) is 17.3 Å². The van der Waals surface area contributed by atoms with E-state index in [0.717, 1.165) is 5.56 Å². The summed E-state index contributed by atoms with van der Waals surface area (Å²) in [6.07, 6.45) is -0.376. The van der Waals surface area contributed by atoms with Crippen molar-refractivity contribution in [2.45, 2.75) is 35.8 Å². The molecule has 47 heavy (non-hydrogen) atoms. The predicted molar refractivity (Wildman–Crippen MR) is 184 cm³/mol. The van der Waals surface area contributed by atoms with E-state index in [1.807, 2.05) is 18.2 Å². The molecule has 0 radical (unpaired) electrons. The van der Waals surface area contributed by atoms with Crippen molar-refractivity contribution < 1.29 is 27.8 Å². The molecule has 0 aromatic heterocycles. The second kappa shape index (κ2) is 15.5. The Bertz CT molecular complexity index is 1840. The summed E-state index contributed by atoms with van der Waals surface area (Å²) in [6.45, 7) is 0.569. The van der Waals surface area contributed by atoms with Crippen molar-refractivity contribution in [3.05, 3.63) is 129 Å². The van der Waals surface area contributed by atoms with Crippen LogP contribution in [-0.2, 0) is 25.8 Å². The van der Waals surface area contributed by atoms with E-state index in [0.29, 0.717) is 46.4 Å². The number of aliphatic hydroxyl groups is 1. The van der Waals surface area contributed by atoms with Gasteiger partial charge in [-0.2, -0.15) is 0 Å². The lowest BCUT2D eigenvalue weighted by Gasteiger charge is -2.31. The number of rotatable bonds is 14. The van der Waals surface area contributed by atoms with Gasteiger partial charge >= 0.3 is 0 Å². The smallest absolute Gasteiger partial charge is 0.252 e. The van der Waals surface area contributed by atoms with Crippen LogP contribution in [-0.4, -0.2) is 56.4 Å². The average Bonchev–Trinajstić information content (AvgIpc) is 3.46. The fourth-order valence-corrected chi connectivity index (χ4v) is 7.39. The lowest BCUT2D eigenvalue weighted by molar-refractivity contribution is -0.129. The van der Waals surface area contributed by atoms with Crippen LogP contribution in [0.5, 0.6) is 5.75 Å². The lowest BCUT2D eigenvalue weighted by atomic mass is 9.85. The number of ether oxygens (including phenoxy) is 2. The van der Waals surface area contributed by atoms with Gasteiger partial charge in [-0.25, -0.2) is 13.4 Å². The Balaban J connectivity index is 1.54. The maximum absolute atomic E-state index is 14.4. The zero-order chi connectivity index (χ0) is 33.4. The highest BCUT2D eigenvalue weighted by Gasteiger charge is 2.54. The molecule has 1 aliphatic rings. The molecule has 4 aromatic carbocycles. The number of halogens is 3. The summed E-state index contributed by atoms with van der Waals surface area (Å²) in [5.74, 6) is -0.200. The van der Waals surface area contributed by atoms with Crippen molar-refractivity contribution >= 4 is 56.4 Å². The van der Waals surface area contributed by atoms with Gasteiger partial charge in [0.25, 0.3) is 5.91 Å². The number of nitrogens with zero attached hydrogens (tertiary/aromatic N) is 1. The summed E-state index contributed by atoms with van der Waals surface area (Å²) >= 11 is 19.3. The molecule has 0 bridgehead atoms. The quantitative estimate of drug-likeness (QED) is 0.138. The van der Waals surface area contributed by atoms with Crippen LogP contribution >= 0.6 is 34.8 Å². The minimum absolute atomic E-state index is 0.0138. The van der Waals surface area contributed by atoms with Crippen LogP contribution in [0.25, 0.3) is 0 Å². The van der Waals surface area contributed by atoms with E-state index in [1.54, 1.807) is 66.7 Å². The number of amides is 1. The Hall–Kier alpha value is -3.60. The van der Waals surface area contributed by atoms with Gasteiger partial charge in [-0.05, 0) is 66.6 Å². The highest BCUT2D eigenvalue weighted by atomic mass is 35.5. The van der Waals surface area contributed by atoms with Crippen LogP contribution in [0.1, 0.15) is 35.6 Å². The van der Waals surface area contributed by atoms with Crippen molar-refractivity contribution in [1.29, 1.82) is 0 Å². The van der Waals surface area contributed by atoms with Gasteiger partial charge in [-0.15, -0.1) is 0 Å². The van der Waals surface area contributed by atoms with Gasteiger partial charge in [0.2, 0.25) is 5.90 Å². The number of hydrogen-bond acceptors (Lipinski definition) is 7. The highest BCUT2D eigenvalue weighted by Crippen LogP contribution is 2.45. The number of sulfone groups is 1. The van der Waals surface area contributed by atoms with E-state index >= 15 is 0 Å². The first-order valence-corrected chi connectivity index (χ1v) is 17.8. The fourth-order valence-electron chi connectivity index (χ4n) is 5.26. The van der Waals surface area contributed by atoms with Crippen LogP contribution in [0.2, 0.25) is 15.1 Å². The molecule has 5 rings (SSSR count). The third-order valence-corrected chi connectivity index (χ3v) is 10.4. The number of hydrogen-bond donors (Lipinski definition) is 2. The van der Waals surface area contributed by atoms with E-state index in [1.165, 1.54) is 12.1 Å². The largest absolute Gasteiger partial charge is 0.494 e. The Morgan fingerprint density at radius 3 is 2.36 bits per heavy atom. The summed E-state index contributed by atoms with van der Waals surface area (Å²) in [5, 5.41) is 13.2. The number of aliphatic hydroxyl groups excluding tert-OH is 1. The maximum Gasteiger partial charge on any atom is 0.252 e. The summed E-state index contributed by atoms with van der Waals surface area (Å²) in [5.41, 5.74) is 0.0924. The van der Waals surface area contributed by atoms with E-state index in [2.05, 4.69) is 5.32 Å². The fraction of sp³-hybridized carbons (Fsp3) is 0.257. The SMILES string of the molecule is O=C(NCCc1ccccc1Cl)[C@]1(CCS(=O)(=O)c2ccccc2)N=C(c2ccc(OCCCO)cc2)O[C@@H]1c1ccc(Cl)cc1Cl. The molecule has 0 saturated carbocycles. The average molecular weight is 716 g/mol. The van der Waals surface area contributed by atoms with E-state index in [9.17, 15) is 13.2 Å². The van der Waals surface area contributed by atoms with Crippen LogP contribution in [0, 0.1) is 0 Å². The zero-order valence-electron chi connectivity index (χ0n) is 25.2. The molecule has 2 atom stereocenters. The van der Waals surface area contributed by atoms with Gasteiger partial charge in [-0.3, -0.25) is 4.79 Å². The number of aliphatic imine (C=N–C) groups is 1. The molecule has 246 valence electrons. The first-order chi connectivity index (χ1) is 22.6. The molecule has 1 heterocycles. The Kier molecular flexibility index (Phi) is 11.5. The highest BCUT2D eigenvalue weighted by molar-refractivity contribution is 7.91. The summed E-state index contributed by atoms with van der Waals surface area (Å²) in [4.78, 5) is 19.4. The van der Waals surface area contributed by atoms with Crippen LogP contribution < -0.4 is 10.1 Å². The molecule has 0 unspecified atom stereocenters. The third-order valence-electron chi connectivity index (χ3n) is 7.77. The van der Waals surface area contributed by atoms with Gasteiger partial charge in [0.15, 0.2) is 21.5 Å². The Labute approximate surface area is 289 Å². The summed E-state index contributed by atoms with van der Waals surface area (Å²) in [6, 6.07) is 27.1. The second-order valence-electron chi connectivity index (χ2n) is 10.9. The van der Waals surface area contributed by atoms with Crippen molar-refractivity contribution in [1.82, 2.24) is 5.32 Å². The number of nitrogens with one attached hydrogen (secondary N) is 1. The van der Waals surface area contributed by atoms with Gasteiger partial charge in [0.1, 0.15) is 5.75 Å². The van der Waals surface area contributed by atoms with Crippen LogP contribution in [0.3, 0.4) is 0 Å². The van der Waals surface area contributed by atoms with Gasteiger partial charge in [0, 0.05) is 52.2 Å². The molecule has 12 heteroatoms. The standard InChI is InChI=1S/C35H33Cl3N2O6S/c36-26-13-16-29(31(38)23-26)32-35(18-22-47(43,44)28-8-2-1-3-9-28,34(42)39-19-17-24-7-4-5-10-30(24)37)40-33(46-32)25-11-14-27(15-12-25)45-21-6-20-41/h1-5,7-16,23,32,41H,6,17-22H2,(H,39,42)/t32-,35-/m1/s1. The first-order valence-electron chi connectivity index (χ1n) is 15.0. The second-order valence-corrected chi connectivity index (χ2v) is 14.3. The molecule has 2 N–H and O–H groups in total. The number of benzene rings is 4. The lowest BCUT2D eigenvalue weighted by Crippen LogP contribution is -2.49. The normalized spacial score (nSPS) is 17.5. The Morgan fingerprint density at radius 2 is 1.66 bits per heavy atom. The number of carbonyl (C=O) groups excluding carboxylic acids is 1. The van der Waals surface area contributed by atoms with Crippen LogP contribution in [0.15, 0.2) is 107 Å². The van der Waals surface area contributed by atoms with Crippen molar-refractivity contribution in [3.8, 4) is 5.75 Å². The number of carbonyl (C=O) groups is 1. The van der Waals surface area contributed by atoms with Crippen molar-refractivity contribution in [2.24, 2.45) is 4.99 Å². The molecule has 4 aromatic rings. The topological polar surface area (TPSA) is 114 Å². The molecule has 1 amide bonds. The molecule has 0 aliphatic carbocycles. The van der Waals surface area contributed by atoms with E-state index < -0.39 is 33.1 Å². The predicted octanol–water partition coefficient (Wildman–Crippen LogP) is 6.89. The van der Waals surface area contributed by atoms with Crippen LogP contribution in [0.4, 0.5) is 0 Å². The van der Waals surface area contributed by atoms with Crippen molar-refractivity contribution in [2.75, 3.05) is 25.5 Å². The molecule has 1 aliphatic heterocycles. The minimum Gasteiger partial charge on any atom is -0.494 e. The molecular formula is C35H33Cl3N2O6S. The first kappa shape index (κ1) is 34.7. The van der Waals surface area contributed by atoms with E-state index in [4.69, 9.17) is 54.4 Å². The van der Waals surface area contributed by atoms with Gasteiger partial charge in [-0.1, -0.05) is 77.3 Å². The molecule has 8 nitrogen and oxygen atoms in total. The summed E-state index contributed by atoms with van der Waals surface area (Å²) in [7, 11) is -3.82. The monoisotopic (exact) mass is 714 g/mol. The van der Waals surface area contributed by atoms with Gasteiger partial charge < -0.3 is 19.9 Å². The molecule has 0 fully saturated rings. The molecule has 0 spiro atoms. The Morgan fingerprint density at radius 1 is 0.936 bits per heavy atom. The third kappa shape index (κ3) is 8.28. The molecular weight excluding hydrogens is 683 g/mol. The minimum atomic E-state index is -3.82. The molecule has 0 saturated heterocycles.